The van der Waals surface area contributed by atoms with Crippen LogP contribution in [0.5, 0.6) is 0 Å². The summed E-state index contributed by atoms with van der Waals surface area (Å²) in [5.74, 6) is 0.411. The molecule has 0 radical (unpaired) electrons. The van der Waals surface area contributed by atoms with Gasteiger partial charge in [0, 0.05) is 17.3 Å². The summed E-state index contributed by atoms with van der Waals surface area (Å²) in [6, 6.07) is 5.49. The SMILES string of the molecule is Cc1cc(N)ccc1NC(=O)C(C)C(C)C. The lowest BCUT2D eigenvalue weighted by Crippen LogP contribution is -2.24. The van der Waals surface area contributed by atoms with Gasteiger partial charge >= 0.3 is 0 Å². The molecule has 0 bridgehead atoms. The van der Waals surface area contributed by atoms with Gasteiger partial charge in [-0.2, -0.15) is 0 Å². The summed E-state index contributed by atoms with van der Waals surface area (Å²) < 4.78 is 0. The molecular weight excluding hydrogens is 200 g/mol. The van der Waals surface area contributed by atoms with Crippen molar-refractivity contribution < 1.29 is 4.79 Å². The molecule has 0 aliphatic rings. The molecule has 0 aromatic heterocycles. The maximum Gasteiger partial charge on any atom is 0.227 e. The maximum absolute atomic E-state index is 11.8. The van der Waals surface area contributed by atoms with E-state index < -0.39 is 0 Å². The van der Waals surface area contributed by atoms with Crippen LogP contribution in [0.2, 0.25) is 0 Å². The molecular formula is C13H20N2O. The molecule has 1 aromatic rings. The molecule has 1 amide bonds. The van der Waals surface area contributed by atoms with Crippen molar-refractivity contribution in [3.8, 4) is 0 Å². The molecule has 0 fully saturated rings. The molecule has 0 aliphatic carbocycles. The Labute approximate surface area is 97.0 Å². The van der Waals surface area contributed by atoms with Gasteiger partial charge in [0.15, 0.2) is 0 Å². The predicted octanol–water partition coefficient (Wildman–Crippen LogP) is 2.81. The summed E-state index contributed by atoms with van der Waals surface area (Å²) >= 11 is 0. The van der Waals surface area contributed by atoms with E-state index in [-0.39, 0.29) is 11.8 Å². The van der Waals surface area contributed by atoms with Gasteiger partial charge in [-0.1, -0.05) is 20.8 Å². The van der Waals surface area contributed by atoms with Crippen molar-refractivity contribution in [3.05, 3.63) is 23.8 Å². The zero-order valence-corrected chi connectivity index (χ0v) is 10.4. The lowest BCUT2D eigenvalue weighted by Gasteiger charge is -2.16. The highest BCUT2D eigenvalue weighted by Gasteiger charge is 2.17. The minimum atomic E-state index is 0.0111. The Morgan fingerprint density at radius 1 is 1.31 bits per heavy atom. The van der Waals surface area contributed by atoms with Crippen molar-refractivity contribution in [2.45, 2.75) is 27.7 Å². The number of carbonyl (C=O) groups excluding carboxylic acids is 1. The van der Waals surface area contributed by atoms with Crippen molar-refractivity contribution in [1.82, 2.24) is 0 Å². The van der Waals surface area contributed by atoms with E-state index in [1.165, 1.54) is 0 Å². The van der Waals surface area contributed by atoms with Gasteiger partial charge in [0.05, 0.1) is 0 Å². The molecule has 1 rings (SSSR count). The van der Waals surface area contributed by atoms with E-state index in [4.69, 9.17) is 5.73 Å². The van der Waals surface area contributed by atoms with Crippen LogP contribution in [-0.2, 0) is 4.79 Å². The van der Waals surface area contributed by atoms with Crippen molar-refractivity contribution in [2.75, 3.05) is 11.1 Å². The van der Waals surface area contributed by atoms with E-state index in [1.807, 2.05) is 39.8 Å². The summed E-state index contributed by atoms with van der Waals surface area (Å²) in [4.78, 5) is 11.8. The lowest BCUT2D eigenvalue weighted by molar-refractivity contribution is -0.120. The molecule has 16 heavy (non-hydrogen) atoms. The largest absolute Gasteiger partial charge is 0.399 e. The zero-order chi connectivity index (χ0) is 12.3. The van der Waals surface area contributed by atoms with Crippen molar-refractivity contribution in [2.24, 2.45) is 11.8 Å². The number of nitrogens with one attached hydrogen (secondary N) is 1. The Kier molecular flexibility index (Phi) is 3.93. The molecule has 0 spiro atoms. The van der Waals surface area contributed by atoms with E-state index in [0.29, 0.717) is 11.6 Å². The van der Waals surface area contributed by atoms with Gasteiger partial charge in [-0.25, -0.2) is 0 Å². The number of amides is 1. The van der Waals surface area contributed by atoms with Gasteiger partial charge in [0.1, 0.15) is 0 Å². The Morgan fingerprint density at radius 2 is 1.94 bits per heavy atom. The van der Waals surface area contributed by atoms with Crippen LogP contribution in [0.1, 0.15) is 26.3 Å². The Balaban J connectivity index is 2.77. The minimum Gasteiger partial charge on any atom is -0.399 e. The highest BCUT2D eigenvalue weighted by Crippen LogP contribution is 2.19. The fourth-order valence-electron chi connectivity index (χ4n) is 1.38. The van der Waals surface area contributed by atoms with E-state index in [0.717, 1.165) is 11.3 Å². The van der Waals surface area contributed by atoms with Crippen LogP contribution in [0, 0.1) is 18.8 Å². The maximum atomic E-state index is 11.8. The third-order valence-electron chi connectivity index (χ3n) is 2.92. The monoisotopic (exact) mass is 220 g/mol. The van der Waals surface area contributed by atoms with E-state index in [2.05, 4.69) is 5.32 Å². The standard InChI is InChI=1S/C13H20N2O/c1-8(2)10(4)13(16)15-12-6-5-11(14)7-9(12)3/h5-8,10H,14H2,1-4H3,(H,15,16). The third kappa shape index (κ3) is 2.99. The second kappa shape index (κ2) is 5.01. The third-order valence-corrected chi connectivity index (χ3v) is 2.92. The van der Waals surface area contributed by atoms with Crippen LogP contribution in [0.3, 0.4) is 0 Å². The summed E-state index contributed by atoms with van der Waals surface area (Å²) in [6.07, 6.45) is 0. The number of aryl methyl sites for hydroxylation is 1. The van der Waals surface area contributed by atoms with Crippen LogP contribution in [0.15, 0.2) is 18.2 Å². The average molecular weight is 220 g/mol. The van der Waals surface area contributed by atoms with Crippen LogP contribution < -0.4 is 11.1 Å². The Morgan fingerprint density at radius 3 is 2.44 bits per heavy atom. The Bertz CT molecular complexity index is 386. The molecule has 88 valence electrons. The van der Waals surface area contributed by atoms with E-state index in [1.54, 1.807) is 6.07 Å². The number of benzene rings is 1. The lowest BCUT2D eigenvalue weighted by atomic mass is 9.97. The van der Waals surface area contributed by atoms with Crippen LogP contribution in [0.4, 0.5) is 11.4 Å². The fraction of sp³-hybridized carbons (Fsp3) is 0.462. The van der Waals surface area contributed by atoms with Crippen LogP contribution in [0.25, 0.3) is 0 Å². The number of hydrogen-bond acceptors (Lipinski definition) is 2. The van der Waals surface area contributed by atoms with Gasteiger partial charge in [0.25, 0.3) is 0 Å². The molecule has 3 heteroatoms. The second-order valence-corrected chi connectivity index (χ2v) is 4.60. The van der Waals surface area contributed by atoms with Gasteiger partial charge in [0.2, 0.25) is 5.91 Å². The minimum absolute atomic E-state index is 0.0111. The van der Waals surface area contributed by atoms with Gasteiger partial charge in [-0.3, -0.25) is 4.79 Å². The highest BCUT2D eigenvalue weighted by molar-refractivity contribution is 5.93. The van der Waals surface area contributed by atoms with Crippen LogP contribution >= 0.6 is 0 Å². The molecule has 1 unspecified atom stereocenters. The van der Waals surface area contributed by atoms with Gasteiger partial charge in [-0.15, -0.1) is 0 Å². The first-order chi connectivity index (χ1) is 7.41. The van der Waals surface area contributed by atoms with Gasteiger partial charge in [-0.05, 0) is 36.6 Å². The fourth-order valence-corrected chi connectivity index (χ4v) is 1.38. The van der Waals surface area contributed by atoms with Crippen molar-refractivity contribution in [3.63, 3.8) is 0 Å². The zero-order valence-electron chi connectivity index (χ0n) is 10.4. The molecule has 3 nitrogen and oxygen atoms in total. The van der Waals surface area contributed by atoms with E-state index in [9.17, 15) is 4.79 Å². The number of hydrogen-bond donors (Lipinski definition) is 2. The summed E-state index contributed by atoms with van der Waals surface area (Å²) in [5.41, 5.74) is 8.20. The molecule has 1 atom stereocenters. The number of rotatable bonds is 3. The van der Waals surface area contributed by atoms with E-state index >= 15 is 0 Å². The molecule has 0 aliphatic heterocycles. The number of nitrogen functional groups attached to an aromatic ring is 1. The topological polar surface area (TPSA) is 55.1 Å². The first-order valence-electron chi connectivity index (χ1n) is 5.58. The first-order valence-corrected chi connectivity index (χ1v) is 5.58. The molecule has 0 saturated heterocycles. The first kappa shape index (κ1) is 12.6. The second-order valence-electron chi connectivity index (χ2n) is 4.60. The molecule has 3 N–H and O–H groups in total. The summed E-state index contributed by atoms with van der Waals surface area (Å²) in [7, 11) is 0. The quantitative estimate of drug-likeness (QED) is 0.769. The van der Waals surface area contributed by atoms with Crippen LogP contribution in [-0.4, -0.2) is 5.91 Å². The summed E-state index contributed by atoms with van der Waals surface area (Å²) in [5, 5.41) is 2.92. The van der Waals surface area contributed by atoms with Gasteiger partial charge < -0.3 is 11.1 Å². The van der Waals surface area contributed by atoms with Crippen molar-refractivity contribution in [1.29, 1.82) is 0 Å². The smallest absolute Gasteiger partial charge is 0.227 e. The molecule has 1 aromatic carbocycles. The van der Waals surface area contributed by atoms with Crippen molar-refractivity contribution >= 4 is 17.3 Å². The average Bonchev–Trinajstić information content (AvgIpc) is 2.20. The highest BCUT2D eigenvalue weighted by atomic mass is 16.1. The number of anilines is 2. The predicted molar refractivity (Wildman–Crippen MR) is 68.2 cm³/mol. The molecule has 0 heterocycles. The number of nitrogens with two attached hydrogens (primary N) is 1. The normalized spacial score (nSPS) is 12.6. The molecule has 0 saturated carbocycles. The number of carbonyl (C=O) groups is 1. The summed E-state index contributed by atoms with van der Waals surface area (Å²) in [6.45, 7) is 7.96. The Hall–Kier alpha value is -1.51.